The zero-order valence-electron chi connectivity index (χ0n) is 9.81. The van der Waals surface area contributed by atoms with Crippen molar-refractivity contribution >= 4 is 0 Å². The molecule has 0 saturated carbocycles. The first kappa shape index (κ1) is 10.8. The van der Waals surface area contributed by atoms with Crippen molar-refractivity contribution in [3.05, 3.63) is 41.3 Å². The summed E-state index contributed by atoms with van der Waals surface area (Å²) in [5.41, 5.74) is 8.88. The molecule has 0 amide bonds. The summed E-state index contributed by atoms with van der Waals surface area (Å²) < 4.78 is 1.83. The number of hydrogen-bond donors (Lipinski definition) is 1. The molecule has 4 nitrogen and oxygen atoms in total. The normalized spacial score (nSPS) is 12.8. The van der Waals surface area contributed by atoms with E-state index in [-0.39, 0.29) is 6.04 Å². The lowest BCUT2D eigenvalue weighted by molar-refractivity contribution is 0.783. The van der Waals surface area contributed by atoms with Crippen LogP contribution in [0.25, 0.3) is 5.82 Å². The molecule has 0 aliphatic heterocycles. The fourth-order valence-corrected chi connectivity index (χ4v) is 1.65. The van der Waals surface area contributed by atoms with E-state index in [9.17, 15) is 0 Å². The van der Waals surface area contributed by atoms with Gasteiger partial charge in [0.05, 0.1) is 5.69 Å². The molecule has 0 bridgehead atoms. The molecule has 0 aliphatic carbocycles. The molecule has 4 heteroatoms. The lowest BCUT2D eigenvalue weighted by Gasteiger charge is -2.07. The number of aromatic nitrogens is 3. The molecule has 2 aromatic rings. The minimum atomic E-state index is 0.0157. The third-order valence-corrected chi connectivity index (χ3v) is 2.52. The van der Waals surface area contributed by atoms with E-state index in [0.29, 0.717) is 0 Å². The summed E-state index contributed by atoms with van der Waals surface area (Å²) in [5.74, 6) is 0.829. The van der Waals surface area contributed by atoms with Crippen LogP contribution in [0.1, 0.15) is 29.9 Å². The molecule has 1 atom stereocenters. The van der Waals surface area contributed by atoms with Crippen LogP contribution in [0.15, 0.2) is 24.4 Å². The van der Waals surface area contributed by atoms with Crippen molar-refractivity contribution in [2.24, 2.45) is 5.73 Å². The molecular weight excluding hydrogens is 200 g/mol. The Hall–Kier alpha value is -1.68. The minimum Gasteiger partial charge on any atom is -0.324 e. The maximum Gasteiger partial charge on any atom is 0.153 e. The smallest absolute Gasteiger partial charge is 0.153 e. The van der Waals surface area contributed by atoms with Gasteiger partial charge in [-0.05, 0) is 38.5 Å². The van der Waals surface area contributed by atoms with Gasteiger partial charge in [-0.2, -0.15) is 5.10 Å². The fraction of sp³-hybridized carbons (Fsp3) is 0.333. The summed E-state index contributed by atoms with van der Waals surface area (Å²) in [6.45, 7) is 5.93. The van der Waals surface area contributed by atoms with E-state index < -0.39 is 0 Å². The molecule has 2 aromatic heterocycles. The Bertz CT molecular complexity index is 482. The van der Waals surface area contributed by atoms with Gasteiger partial charge in [-0.3, -0.25) is 0 Å². The summed E-state index contributed by atoms with van der Waals surface area (Å²) in [7, 11) is 0. The lowest BCUT2D eigenvalue weighted by Crippen LogP contribution is -2.07. The van der Waals surface area contributed by atoms with Gasteiger partial charge >= 0.3 is 0 Å². The molecule has 0 fully saturated rings. The van der Waals surface area contributed by atoms with E-state index in [2.05, 4.69) is 10.1 Å². The first-order valence-electron chi connectivity index (χ1n) is 5.33. The summed E-state index contributed by atoms with van der Waals surface area (Å²) in [6.07, 6.45) is 1.80. The maximum atomic E-state index is 5.77. The van der Waals surface area contributed by atoms with Crippen LogP contribution in [0.3, 0.4) is 0 Å². The molecular formula is C12H16N4. The molecule has 2 N–H and O–H groups in total. The number of hydrogen-bond acceptors (Lipinski definition) is 3. The van der Waals surface area contributed by atoms with Gasteiger partial charge in [0.25, 0.3) is 0 Å². The van der Waals surface area contributed by atoms with Gasteiger partial charge in [0.15, 0.2) is 5.82 Å². The first-order valence-corrected chi connectivity index (χ1v) is 5.33. The molecule has 0 unspecified atom stereocenters. The average Bonchev–Trinajstić information content (AvgIpc) is 2.58. The largest absolute Gasteiger partial charge is 0.324 e. The third kappa shape index (κ3) is 1.97. The quantitative estimate of drug-likeness (QED) is 0.834. The Morgan fingerprint density at radius 3 is 2.50 bits per heavy atom. The second-order valence-electron chi connectivity index (χ2n) is 4.08. The van der Waals surface area contributed by atoms with E-state index >= 15 is 0 Å². The SMILES string of the molecule is Cc1cc(C)n(-c2ccc([C@@H](C)N)cn2)n1. The molecule has 0 spiro atoms. The Kier molecular flexibility index (Phi) is 2.75. The van der Waals surface area contributed by atoms with Crippen molar-refractivity contribution in [2.75, 3.05) is 0 Å². The van der Waals surface area contributed by atoms with Crippen molar-refractivity contribution in [1.82, 2.24) is 14.8 Å². The molecule has 0 aliphatic rings. The van der Waals surface area contributed by atoms with E-state index in [0.717, 1.165) is 22.8 Å². The Labute approximate surface area is 95.1 Å². The van der Waals surface area contributed by atoms with Crippen molar-refractivity contribution in [3.8, 4) is 5.82 Å². The number of aryl methyl sites for hydroxylation is 2. The molecule has 0 radical (unpaired) electrons. The van der Waals surface area contributed by atoms with E-state index in [1.54, 1.807) is 6.20 Å². The topological polar surface area (TPSA) is 56.7 Å². The zero-order valence-corrected chi connectivity index (χ0v) is 9.81. The van der Waals surface area contributed by atoms with Crippen molar-refractivity contribution < 1.29 is 0 Å². The molecule has 84 valence electrons. The third-order valence-electron chi connectivity index (χ3n) is 2.52. The van der Waals surface area contributed by atoms with Crippen LogP contribution in [0, 0.1) is 13.8 Å². The second kappa shape index (κ2) is 4.06. The minimum absolute atomic E-state index is 0.0157. The molecule has 2 rings (SSSR count). The van der Waals surface area contributed by atoms with E-state index in [4.69, 9.17) is 5.73 Å². The summed E-state index contributed by atoms with van der Waals surface area (Å²) >= 11 is 0. The van der Waals surface area contributed by atoms with Crippen LogP contribution in [-0.2, 0) is 0 Å². The van der Waals surface area contributed by atoms with Gasteiger partial charge in [0.2, 0.25) is 0 Å². The van der Waals surface area contributed by atoms with Crippen LogP contribution in [0.4, 0.5) is 0 Å². The Morgan fingerprint density at radius 2 is 2.06 bits per heavy atom. The van der Waals surface area contributed by atoms with Gasteiger partial charge < -0.3 is 5.73 Å². The van der Waals surface area contributed by atoms with Crippen LogP contribution in [-0.4, -0.2) is 14.8 Å². The zero-order chi connectivity index (χ0) is 11.7. The van der Waals surface area contributed by atoms with Crippen LogP contribution >= 0.6 is 0 Å². The highest BCUT2D eigenvalue weighted by Crippen LogP contribution is 2.12. The summed E-state index contributed by atoms with van der Waals surface area (Å²) in [6, 6.07) is 5.98. The molecule has 0 saturated heterocycles. The molecule has 16 heavy (non-hydrogen) atoms. The number of nitrogens with zero attached hydrogens (tertiary/aromatic N) is 3. The van der Waals surface area contributed by atoms with Gasteiger partial charge in [0, 0.05) is 17.9 Å². The molecule has 0 aromatic carbocycles. The van der Waals surface area contributed by atoms with Gasteiger partial charge in [-0.25, -0.2) is 9.67 Å². The summed E-state index contributed by atoms with van der Waals surface area (Å²) in [5, 5.41) is 4.38. The Balaban J connectivity index is 2.38. The van der Waals surface area contributed by atoms with Crippen LogP contribution < -0.4 is 5.73 Å². The van der Waals surface area contributed by atoms with Crippen molar-refractivity contribution in [2.45, 2.75) is 26.8 Å². The van der Waals surface area contributed by atoms with Gasteiger partial charge in [-0.1, -0.05) is 6.07 Å². The lowest BCUT2D eigenvalue weighted by atomic mass is 10.1. The number of rotatable bonds is 2. The molecule has 2 heterocycles. The highest BCUT2D eigenvalue weighted by Gasteiger charge is 2.05. The predicted molar refractivity (Wildman–Crippen MR) is 63.4 cm³/mol. The highest BCUT2D eigenvalue weighted by molar-refractivity contribution is 5.28. The van der Waals surface area contributed by atoms with Gasteiger partial charge in [0.1, 0.15) is 0 Å². The monoisotopic (exact) mass is 216 g/mol. The first-order chi connectivity index (χ1) is 7.58. The van der Waals surface area contributed by atoms with Crippen LogP contribution in [0.5, 0.6) is 0 Å². The Morgan fingerprint density at radius 1 is 1.31 bits per heavy atom. The summed E-state index contributed by atoms with van der Waals surface area (Å²) in [4.78, 5) is 4.36. The predicted octanol–water partition coefficient (Wildman–Crippen LogP) is 1.90. The second-order valence-corrected chi connectivity index (χ2v) is 4.08. The highest BCUT2D eigenvalue weighted by atomic mass is 15.3. The maximum absolute atomic E-state index is 5.77. The van der Waals surface area contributed by atoms with Crippen molar-refractivity contribution in [1.29, 1.82) is 0 Å². The standard InChI is InChI=1S/C12H16N4/c1-8-6-9(2)16(15-8)12-5-4-11(7-14-12)10(3)13/h4-7,10H,13H2,1-3H3/t10-/m1/s1. The number of pyridine rings is 1. The number of nitrogens with two attached hydrogens (primary N) is 1. The van der Waals surface area contributed by atoms with E-state index in [1.807, 2.05) is 43.7 Å². The van der Waals surface area contributed by atoms with Crippen molar-refractivity contribution in [3.63, 3.8) is 0 Å². The van der Waals surface area contributed by atoms with Gasteiger partial charge in [-0.15, -0.1) is 0 Å². The average molecular weight is 216 g/mol. The van der Waals surface area contributed by atoms with E-state index in [1.165, 1.54) is 0 Å². The fourth-order valence-electron chi connectivity index (χ4n) is 1.65. The van der Waals surface area contributed by atoms with Crippen LogP contribution in [0.2, 0.25) is 0 Å².